The number of phenols is 1. The van der Waals surface area contributed by atoms with Crippen molar-refractivity contribution in [2.75, 3.05) is 26.2 Å². The molecule has 0 aliphatic carbocycles. The summed E-state index contributed by atoms with van der Waals surface area (Å²) in [6.45, 7) is 33.4. The number of unbranched alkanes of at least 4 members (excludes halogenated alkanes) is 2. The first-order valence-corrected chi connectivity index (χ1v) is 40.4. The van der Waals surface area contributed by atoms with Crippen LogP contribution in [0.4, 0.5) is 0 Å². The van der Waals surface area contributed by atoms with E-state index in [-0.39, 0.29) is 113 Å². The summed E-state index contributed by atoms with van der Waals surface area (Å²) in [4.78, 5) is 186. The van der Waals surface area contributed by atoms with Crippen molar-refractivity contribution >= 4 is 76.8 Å². The fourth-order valence-corrected chi connectivity index (χ4v) is 12.1. The molecule has 0 spiro atoms. The Morgan fingerprint density at radius 2 is 0.696 bits per heavy atom. The van der Waals surface area contributed by atoms with E-state index in [0.717, 1.165) is 0 Å². The highest BCUT2D eigenvalue weighted by molar-refractivity contribution is 6.02. The lowest BCUT2D eigenvalue weighted by molar-refractivity contribution is -0.137. The van der Waals surface area contributed by atoms with E-state index >= 15 is 0 Å². The zero-order valence-electron chi connectivity index (χ0n) is 70.2. The first kappa shape index (κ1) is 102. The smallest absolute Gasteiger partial charge is 0.268 e. The van der Waals surface area contributed by atoms with E-state index in [4.69, 9.17) is 17.2 Å². The quantitative estimate of drug-likeness (QED) is 0.0327. The van der Waals surface area contributed by atoms with Gasteiger partial charge in [-0.3, -0.25) is 62.3 Å². The first-order valence-electron chi connectivity index (χ1n) is 40.4. The Morgan fingerprint density at radius 1 is 0.375 bits per heavy atom. The van der Waals surface area contributed by atoms with E-state index < -0.39 is 185 Å². The highest BCUT2D eigenvalue weighted by Gasteiger charge is 2.40. The van der Waals surface area contributed by atoms with Gasteiger partial charge in [-0.2, -0.15) is 0 Å². The van der Waals surface area contributed by atoms with Gasteiger partial charge in [0.05, 0.1) is 12.6 Å². The lowest BCUT2D eigenvalue weighted by atomic mass is 9.95. The van der Waals surface area contributed by atoms with Crippen LogP contribution in [-0.4, -0.2) is 197 Å². The predicted octanol–water partition coefficient (Wildman–Crippen LogP) is 1.98. The van der Waals surface area contributed by atoms with E-state index in [1.807, 2.05) is 55.4 Å². The number of hydrogen-bond donors (Lipinski definition) is 19. The molecule has 112 heavy (non-hydrogen) atoms. The van der Waals surface area contributed by atoms with E-state index in [1.54, 1.807) is 81.4 Å². The van der Waals surface area contributed by atoms with Gasteiger partial charge in [-0.25, -0.2) is 0 Å². The fourth-order valence-electron chi connectivity index (χ4n) is 12.1. The van der Waals surface area contributed by atoms with Gasteiger partial charge in [0.25, 0.3) is 11.8 Å². The van der Waals surface area contributed by atoms with Crippen LogP contribution >= 0.6 is 0 Å². The molecule has 22 N–H and O–H groups in total. The van der Waals surface area contributed by atoms with Gasteiger partial charge in [0, 0.05) is 6.42 Å². The van der Waals surface area contributed by atoms with Crippen molar-refractivity contribution in [3.8, 4) is 5.75 Å². The molecule has 0 heterocycles. The third-order valence-corrected chi connectivity index (χ3v) is 19.6. The fraction of sp³-hybridized carbons (Fsp3) is 0.738. The summed E-state index contributed by atoms with van der Waals surface area (Å²) in [6.07, 6.45) is 2.98. The number of allylic oxidation sites excluding steroid dienone is 1. The van der Waals surface area contributed by atoms with Crippen LogP contribution in [0.2, 0.25) is 0 Å². The molecule has 15 atom stereocenters. The molecule has 0 bridgehead atoms. The molecule has 1 rings (SSSR count). The maximum absolute atomic E-state index is 14.7. The Kier molecular flexibility index (Phi) is 48.0. The van der Waals surface area contributed by atoms with E-state index in [1.165, 1.54) is 25.1 Å². The highest BCUT2D eigenvalue weighted by atomic mass is 16.3. The van der Waals surface area contributed by atoms with Crippen LogP contribution in [0.25, 0.3) is 0 Å². The Hall–Kier alpha value is -8.33. The maximum Gasteiger partial charge on any atom is 0.268 e. The normalized spacial score (nSPS) is 15.8. The minimum atomic E-state index is -1.40. The molecule has 0 aromatic heterocycles. The average Bonchev–Trinajstić information content (AvgIpc) is 0.846. The molecule has 32 heteroatoms. The lowest BCUT2D eigenvalue weighted by Gasteiger charge is -2.31. The number of carbonyl (C=O) groups is 13. The number of benzene rings is 1. The zero-order valence-corrected chi connectivity index (χ0v) is 70.2. The summed E-state index contributed by atoms with van der Waals surface area (Å²) in [6, 6.07) is -8.64. The van der Waals surface area contributed by atoms with Crippen LogP contribution in [-0.2, 0) is 68.7 Å². The number of carbonyl (C=O) groups excluding carboxylic acids is 13. The van der Waals surface area contributed by atoms with Crippen LogP contribution in [0, 0.1) is 53.3 Å². The summed E-state index contributed by atoms with van der Waals surface area (Å²) in [7, 11) is 0. The summed E-state index contributed by atoms with van der Waals surface area (Å²) >= 11 is 0. The van der Waals surface area contributed by atoms with Crippen LogP contribution in [0.15, 0.2) is 36.0 Å². The Morgan fingerprint density at radius 3 is 1.08 bits per heavy atom. The standard InChI is InChI=1S/C80H142N16O16/c1-20-50(18)66(96-71(103)57(30-27-37-83)86-72(104)58(38-43(4)5)88-68(100)54(22-3)84-80(112)67(99)51(19)21-2)79(111)95-65(49(16)17)78(110)94-64(48(14)15)76(108)87-56(29-24-26-36-82)70(102)93-63(47(12)13)77(109)91-60(40-45(8)9)73(105)85-55(28-23-25-35-81)69(101)90-61(41-52-31-33-53(98)34-32-52)75(107)89-59(39-44(6)7)74(106)92-62(42-97)46(10)11/h22,31-34,43-51,55-67,97-99H,20-21,23-30,35-42,81-83H2,1-19H3,(H,84,112)(H,85,105)(H,86,104)(H,87,108)(H,88,100)(H,89,107)(H,90,101)(H,91,109)(H,92,106)(H,93,102)(H,94,110)(H,95,111)(H,96,103)/t50-,51-,55-,56-,57+,58-,59-,60-,61+,62+,63-,64-,65-,66-,67-/m0/s1. The highest BCUT2D eigenvalue weighted by Crippen LogP contribution is 2.19. The monoisotopic (exact) mass is 1580 g/mol. The largest absolute Gasteiger partial charge is 0.508 e. The summed E-state index contributed by atoms with van der Waals surface area (Å²) in [5, 5.41) is 66.4. The molecule has 1 aromatic carbocycles. The topological polar surface area (TPSA) is 517 Å². The molecule has 0 fully saturated rings. The number of nitrogens with two attached hydrogens (primary N) is 3. The molecular formula is C80H142N16O16. The van der Waals surface area contributed by atoms with Gasteiger partial charge in [0.2, 0.25) is 65.0 Å². The Labute approximate surface area is 664 Å². The van der Waals surface area contributed by atoms with Crippen molar-refractivity contribution in [1.82, 2.24) is 69.1 Å². The first-order chi connectivity index (χ1) is 52.6. The number of amides is 13. The number of aromatic hydroxyl groups is 1. The molecule has 13 amide bonds. The molecule has 0 unspecified atom stereocenters. The molecular weight excluding hydrogens is 1440 g/mol. The van der Waals surface area contributed by atoms with Gasteiger partial charge in [-0.05, 0) is 168 Å². The minimum absolute atomic E-state index is 0.0213. The van der Waals surface area contributed by atoms with E-state index in [0.29, 0.717) is 44.1 Å². The molecule has 32 nitrogen and oxygen atoms in total. The minimum Gasteiger partial charge on any atom is -0.508 e. The molecule has 0 saturated carbocycles. The second kappa shape index (κ2) is 52.9. The van der Waals surface area contributed by atoms with Gasteiger partial charge in [0.1, 0.15) is 84.0 Å². The SMILES string of the molecule is CC=C(NC(=O)[C@@H](O)[C@@H](C)CC)C(=O)N[C@@H](CC(C)C)C(=O)N[C@H](CCCN)C(=O)N[C@H](C(=O)N[C@H](C(=O)N[C@H](C(=O)N[C@@H](CCCCN)C(=O)N[C@H](C(=O)N[C@@H](CC(C)C)C(=O)N[C@@H](CCCCN)C(=O)N[C@H](Cc1ccc(O)cc1)C(=O)N[C@@H](CC(C)C)C(=O)N[C@H](CO)C(C)C)C(C)C)C(C)C)C(C)C)[C@@H](C)CC. The van der Waals surface area contributed by atoms with Crippen molar-refractivity contribution in [2.45, 2.75) is 300 Å². The summed E-state index contributed by atoms with van der Waals surface area (Å²) < 4.78 is 0. The lowest BCUT2D eigenvalue weighted by Crippen LogP contribution is -2.62. The van der Waals surface area contributed by atoms with Crippen molar-refractivity contribution in [2.24, 2.45) is 70.5 Å². The number of nitrogens with one attached hydrogen (secondary N) is 13. The van der Waals surface area contributed by atoms with Crippen molar-refractivity contribution in [3.63, 3.8) is 0 Å². The van der Waals surface area contributed by atoms with Gasteiger partial charge >= 0.3 is 0 Å². The number of aliphatic hydroxyl groups excluding tert-OH is 2. The molecule has 0 aliphatic heterocycles. The summed E-state index contributed by atoms with van der Waals surface area (Å²) in [5.74, 6) is -13.2. The maximum atomic E-state index is 14.7. The number of phenolic OH excluding ortho intramolecular Hbond substituents is 1. The van der Waals surface area contributed by atoms with Crippen molar-refractivity contribution in [1.29, 1.82) is 0 Å². The Balaban J connectivity index is 3.65. The van der Waals surface area contributed by atoms with Gasteiger partial charge in [0.15, 0.2) is 0 Å². The second-order valence-electron chi connectivity index (χ2n) is 32.3. The Bertz CT molecular complexity index is 3170. The van der Waals surface area contributed by atoms with E-state index in [2.05, 4.69) is 69.1 Å². The molecule has 0 saturated heterocycles. The van der Waals surface area contributed by atoms with Crippen molar-refractivity contribution in [3.05, 3.63) is 41.6 Å². The van der Waals surface area contributed by atoms with Crippen LogP contribution in [0.5, 0.6) is 5.75 Å². The van der Waals surface area contributed by atoms with Gasteiger partial charge < -0.3 is 102 Å². The molecule has 638 valence electrons. The van der Waals surface area contributed by atoms with Crippen LogP contribution in [0.3, 0.4) is 0 Å². The second-order valence-corrected chi connectivity index (χ2v) is 32.3. The number of aliphatic hydroxyl groups is 2. The predicted molar refractivity (Wildman–Crippen MR) is 431 cm³/mol. The van der Waals surface area contributed by atoms with Crippen LogP contribution < -0.4 is 86.3 Å². The number of rotatable bonds is 54. The summed E-state index contributed by atoms with van der Waals surface area (Å²) in [5.41, 5.74) is 18.0. The van der Waals surface area contributed by atoms with E-state index in [9.17, 15) is 77.6 Å². The third kappa shape index (κ3) is 36.7. The van der Waals surface area contributed by atoms with Crippen LogP contribution in [0.1, 0.15) is 221 Å². The number of hydrogen-bond acceptors (Lipinski definition) is 19. The average molecular weight is 1580 g/mol. The van der Waals surface area contributed by atoms with Gasteiger partial charge in [-0.15, -0.1) is 0 Å². The third-order valence-electron chi connectivity index (χ3n) is 19.6. The molecule has 0 aliphatic rings. The van der Waals surface area contributed by atoms with Gasteiger partial charge in [-0.1, -0.05) is 156 Å². The molecule has 0 radical (unpaired) electrons. The van der Waals surface area contributed by atoms with Crippen molar-refractivity contribution < 1.29 is 77.6 Å². The zero-order chi connectivity index (χ0) is 85.4. The molecule has 1 aromatic rings.